The first-order chi connectivity index (χ1) is 8.98. The van der Waals surface area contributed by atoms with Gasteiger partial charge in [-0.15, -0.1) is 6.42 Å². The molecule has 7 heteroatoms. The van der Waals surface area contributed by atoms with Crippen molar-refractivity contribution in [2.24, 2.45) is 0 Å². The summed E-state index contributed by atoms with van der Waals surface area (Å²) in [5.41, 5.74) is 1.41. The number of rotatable bonds is 7. The molecule has 1 aromatic heterocycles. The predicted octanol–water partition coefficient (Wildman–Crippen LogP) is 0.471. The van der Waals surface area contributed by atoms with Crippen LogP contribution in [-0.4, -0.2) is 42.6 Å². The van der Waals surface area contributed by atoms with Gasteiger partial charge in [0, 0.05) is 24.3 Å². The van der Waals surface area contributed by atoms with Crippen molar-refractivity contribution in [1.29, 1.82) is 0 Å². The van der Waals surface area contributed by atoms with E-state index >= 15 is 0 Å². The van der Waals surface area contributed by atoms with Crippen LogP contribution >= 0.6 is 0 Å². The van der Waals surface area contributed by atoms with Gasteiger partial charge in [0.05, 0.1) is 6.54 Å². The Hall–Kier alpha value is -1.36. The van der Waals surface area contributed by atoms with Crippen LogP contribution in [0.25, 0.3) is 0 Å². The maximum absolute atomic E-state index is 12.5. The van der Waals surface area contributed by atoms with E-state index in [-0.39, 0.29) is 11.6 Å². The third-order valence-corrected chi connectivity index (χ3v) is 4.69. The molecule has 0 unspecified atom stereocenters. The van der Waals surface area contributed by atoms with Gasteiger partial charge in [0.15, 0.2) is 5.03 Å². The summed E-state index contributed by atoms with van der Waals surface area (Å²) >= 11 is 0. The predicted molar refractivity (Wildman–Crippen MR) is 74.0 cm³/mol. The van der Waals surface area contributed by atoms with E-state index in [2.05, 4.69) is 21.4 Å². The van der Waals surface area contributed by atoms with Crippen molar-refractivity contribution < 1.29 is 8.42 Å². The first kappa shape index (κ1) is 15.7. The van der Waals surface area contributed by atoms with Crippen LogP contribution in [0.4, 0.5) is 0 Å². The molecule has 19 heavy (non-hydrogen) atoms. The topological polar surface area (TPSA) is 78.1 Å². The molecule has 0 saturated carbocycles. The average molecular weight is 284 g/mol. The molecule has 1 aromatic rings. The van der Waals surface area contributed by atoms with Crippen molar-refractivity contribution in [2.45, 2.75) is 32.3 Å². The van der Waals surface area contributed by atoms with E-state index in [1.807, 2.05) is 6.92 Å². The molecule has 1 heterocycles. The number of nitrogens with one attached hydrogen (secondary N) is 2. The van der Waals surface area contributed by atoms with Gasteiger partial charge in [0.2, 0.25) is 0 Å². The minimum Gasteiger partial charge on any atom is -0.313 e. The average Bonchev–Trinajstić information content (AvgIpc) is 2.75. The highest BCUT2D eigenvalue weighted by Gasteiger charge is 2.28. The zero-order valence-electron chi connectivity index (χ0n) is 11.5. The monoisotopic (exact) mass is 284 g/mol. The van der Waals surface area contributed by atoms with Crippen molar-refractivity contribution in [3.05, 3.63) is 11.3 Å². The third-order valence-electron chi connectivity index (χ3n) is 2.79. The summed E-state index contributed by atoms with van der Waals surface area (Å²) in [4.78, 5) is 0. The fraction of sp³-hybridized carbons (Fsp3) is 0.583. The van der Waals surface area contributed by atoms with Gasteiger partial charge < -0.3 is 5.32 Å². The lowest BCUT2D eigenvalue weighted by Crippen LogP contribution is -2.32. The molecule has 0 aromatic carbocycles. The molecule has 0 spiro atoms. The minimum absolute atomic E-state index is 0.0470. The van der Waals surface area contributed by atoms with Gasteiger partial charge in [0.25, 0.3) is 10.0 Å². The summed E-state index contributed by atoms with van der Waals surface area (Å²) in [6.45, 7) is 7.09. The summed E-state index contributed by atoms with van der Waals surface area (Å²) < 4.78 is 26.2. The Labute approximate surface area is 114 Å². The van der Waals surface area contributed by atoms with Crippen molar-refractivity contribution in [3.63, 3.8) is 0 Å². The highest BCUT2D eigenvalue weighted by Crippen LogP contribution is 2.20. The summed E-state index contributed by atoms with van der Waals surface area (Å²) in [5.74, 6) is 2.36. The van der Waals surface area contributed by atoms with Crippen LogP contribution in [0.3, 0.4) is 0 Å². The van der Waals surface area contributed by atoms with Crippen LogP contribution in [0.5, 0.6) is 0 Å². The van der Waals surface area contributed by atoms with Gasteiger partial charge >= 0.3 is 0 Å². The lowest BCUT2D eigenvalue weighted by molar-refractivity contribution is 0.460. The van der Waals surface area contributed by atoms with Crippen molar-refractivity contribution in [2.75, 3.05) is 19.6 Å². The van der Waals surface area contributed by atoms with Crippen molar-refractivity contribution >= 4 is 10.0 Å². The first-order valence-corrected chi connectivity index (χ1v) is 7.61. The smallest absolute Gasteiger partial charge is 0.263 e. The molecule has 0 aliphatic carbocycles. The van der Waals surface area contributed by atoms with Gasteiger partial charge in [-0.25, -0.2) is 8.42 Å². The largest absolute Gasteiger partial charge is 0.313 e. The molecule has 0 aliphatic heterocycles. The Kier molecular flexibility index (Phi) is 5.54. The second-order valence-corrected chi connectivity index (χ2v) is 5.90. The Morgan fingerprint density at radius 1 is 1.47 bits per heavy atom. The number of aromatic nitrogens is 2. The molecule has 0 amide bonds. The van der Waals surface area contributed by atoms with Crippen LogP contribution in [0.15, 0.2) is 5.03 Å². The number of hydrogen-bond donors (Lipinski definition) is 2. The molecule has 1 rings (SSSR count). The number of hydrogen-bond acceptors (Lipinski definition) is 4. The summed E-state index contributed by atoms with van der Waals surface area (Å²) in [6, 6.07) is 0. The van der Waals surface area contributed by atoms with Gasteiger partial charge in [-0.05, 0) is 13.5 Å². The van der Waals surface area contributed by atoms with Crippen molar-refractivity contribution in [3.8, 4) is 12.3 Å². The van der Waals surface area contributed by atoms with Crippen LogP contribution < -0.4 is 5.32 Å². The first-order valence-electron chi connectivity index (χ1n) is 6.17. The molecule has 0 bridgehead atoms. The molecule has 106 valence electrons. The number of aryl methyl sites for hydroxylation is 1. The maximum atomic E-state index is 12.5. The molecule has 0 saturated heterocycles. The number of terminal acetylenes is 1. The molecule has 0 radical (unpaired) electrons. The molecule has 0 atom stereocenters. The third kappa shape index (κ3) is 3.35. The fourth-order valence-electron chi connectivity index (χ4n) is 1.69. The van der Waals surface area contributed by atoms with Gasteiger partial charge in [-0.1, -0.05) is 19.8 Å². The summed E-state index contributed by atoms with van der Waals surface area (Å²) in [5, 5.41) is 9.82. The molecule has 0 fully saturated rings. The molecular weight excluding hydrogens is 264 g/mol. The van der Waals surface area contributed by atoms with Crippen LogP contribution in [-0.2, 0) is 16.6 Å². The highest BCUT2D eigenvalue weighted by molar-refractivity contribution is 7.89. The van der Waals surface area contributed by atoms with Crippen LogP contribution in [0.2, 0.25) is 0 Å². The Morgan fingerprint density at radius 2 is 2.16 bits per heavy atom. The number of nitrogens with zero attached hydrogens (tertiary/aromatic N) is 2. The zero-order valence-corrected chi connectivity index (χ0v) is 12.3. The van der Waals surface area contributed by atoms with Gasteiger partial charge in [-0.2, -0.15) is 9.40 Å². The lowest BCUT2D eigenvalue weighted by Gasteiger charge is -2.17. The Morgan fingerprint density at radius 3 is 2.68 bits per heavy atom. The van der Waals surface area contributed by atoms with E-state index in [1.54, 1.807) is 13.8 Å². The molecule has 6 nitrogen and oxygen atoms in total. The zero-order chi connectivity index (χ0) is 14.5. The number of aromatic amines is 1. The molecule has 2 N–H and O–H groups in total. The van der Waals surface area contributed by atoms with E-state index < -0.39 is 10.0 Å². The van der Waals surface area contributed by atoms with Crippen LogP contribution in [0, 0.1) is 19.3 Å². The van der Waals surface area contributed by atoms with E-state index in [4.69, 9.17) is 6.42 Å². The van der Waals surface area contributed by atoms with E-state index in [0.717, 1.165) is 12.2 Å². The SMILES string of the molecule is C#CCN(CC)S(=O)(=O)c1n[nH]c(C)c1CNCC. The summed E-state index contributed by atoms with van der Waals surface area (Å²) in [6.07, 6.45) is 5.21. The highest BCUT2D eigenvalue weighted by atomic mass is 32.2. The molecule has 0 aliphatic rings. The van der Waals surface area contributed by atoms with E-state index in [0.29, 0.717) is 18.7 Å². The van der Waals surface area contributed by atoms with Crippen LogP contribution in [0.1, 0.15) is 25.1 Å². The number of sulfonamides is 1. The molecular formula is C12H20N4O2S. The minimum atomic E-state index is -3.65. The number of H-pyrrole nitrogens is 1. The maximum Gasteiger partial charge on any atom is 0.263 e. The quantitative estimate of drug-likeness (QED) is 0.714. The second kappa shape index (κ2) is 6.70. The van der Waals surface area contributed by atoms with E-state index in [1.165, 1.54) is 4.31 Å². The Balaban J connectivity index is 3.18. The van der Waals surface area contributed by atoms with E-state index in [9.17, 15) is 8.42 Å². The van der Waals surface area contributed by atoms with Crippen molar-refractivity contribution in [1.82, 2.24) is 19.8 Å². The normalized spacial score (nSPS) is 11.7. The lowest BCUT2D eigenvalue weighted by atomic mass is 10.2. The van der Waals surface area contributed by atoms with Gasteiger partial charge in [0.1, 0.15) is 0 Å². The standard InChI is InChI=1S/C12H20N4O2S/c1-5-8-16(7-3)19(17,18)12-11(9-13-6-2)10(4)14-15-12/h1,13H,6-9H2,2-4H3,(H,14,15). The summed E-state index contributed by atoms with van der Waals surface area (Å²) in [7, 11) is -3.65. The Bertz CT molecular complexity index is 557. The fourth-order valence-corrected chi connectivity index (χ4v) is 3.22. The van der Waals surface area contributed by atoms with Gasteiger partial charge in [-0.3, -0.25) is 5.10 Å². The second-order valence-electron chi connectivity index (χ2n) is 4.05.